The van der Waals surface area contributed by atoms with Gasteiger partial charge in [0.15, 0.2) is 0 Å². The molecule has 1 aliphatic rings. The first-order valence-electron chi connectivity index (χ1n) is 9.30. The molecule has 7 heteroatoms. The van der Waals surface area contributed by atoms with Crippen LogP contribution in [0.5, 0.6) is 0 Å². The molecule has 0 spiro atoms. The summed E-state index contributed by atoms with van der Waals surface area (Å²) in [4.78, 5) is 31.4. The number of anilines is 1. The Bertz CT molecular complexity index is 987. The predicted octanol–water partition coefficient (Wildman–Crippen LogP) is 4.52. The minimum Gasteiger partial charge on any atom is -0.333 e. The number of nitrogens with zero attached hydrogens (tertiary/aromatic N) is 2. The minimum atomic E-state index is -0.412. The molecule has 5 nitrogen and oxygen atoms in total. The fourth-order valence-electron chi connectivity index (χ4n) is 3.51. The van der Waals surface area contributed by atoms with Crippen molar-refractivity contribution in [3.8, 4) is 0 Å². The molecule has 1 unspecified atom stereocenters. The van der Waals surface area contributed by atoms with Crippen molar-refractivity contribution in [2.24, 2.45) is 0 Å². The SMILES string of the molecule is O=C(CCC(=O)N1CCCC1c1nc2ccccc2s1)Nc1cccc(F)c1. The Balaban J connectivity index is 1.37. The summed E-state index contributed by atoms with van der Waals surface area (Å²) in [5, 5.41) is 3.58. The molecule has 2 amide bonds. The first kappa shape index (κ1) is 18.6. The Labute approximate surface area is 166 Å². The highest BCUT2D eigenvalue weighted by Crippen LogP contribution is 2.36. The van der Waals surface area contributed by atoms with Gasteiger partial charge in [0, 0.05) is 25.1 Å². The number of amides is 2. The first-order valence-corrected chi connectivity index (χ1v) is 10.1. The van der Waals surface area contributed by atoms with E-state index in [2.05, 4.69) is 5.32 Å². The van der Waals surface area contributed by atoms with Gasteiger partial charge in [-0.1, -0.05) is 18.2 Å². The van der Waals surface area contributed by atoms with Crippen molar-refractivity contribution in [3.63, 3.8) is 0 Å². The van der Waals surface area contributed by atoms with Gasteiger partial charge in [-0.25, -0.2) is 9.37 Å². The van der Waals surface area contributed by atoms with Gasteiger partial charge in [-0.2, -0.15) is 0 Å². The Kier molecular flexibility index (Phi) is 5.34. The molecule has 1 N–H and O–H groups in total. The van der Waals surface area contributed by atoms with Gasteiger partial charge < -0.3 is 10.2 Å². The lowest BCUT2D eigenvalue weighted by Gasteiger charge is -2.23. The van der Waals surface area contributed by atoms with Crippen LogP contribution in [0.2, 0.25) is 0 Å². The van der Waals surface area contributed by atoms with Crippen molar-refractivity contribution in [2.75, 3.05) is 11.9 Å². The predicted molar refractivity (Wildman–Crippen MR) is 108 cm³/mol. The maximum atomic E-state index is 13.2. The molecule has 0 bridgehead atoms. The van der Waals surface area contributed by atoms with Gasteiger partial charge in [0.25, 0.3) is 0 Å². The number of hydrogen-bond acceptors (Lipinski definition) is 4. The van der Waals surface area contributed by atoms with Crippen LogP contribution in [-0.2, 0) is 9.59 Å². The molecule has 0 saturated carbocycles. The molecule has 4 rings (SSSR count). The molecular formula is C21H20FN3O2S. The molecule has 3 aromatic rings. The number of likely N-dealkylation sites (tertiary alicyclic amines) is 1. The summed E-state index contributed by atoms with van der Waals surface area (Å²) in [6, 6.07) is 13.7. The van der Waals surface area contributed by atoms with Crippen LogP contribution in [0.4, 0.5) is 10.1 Å². The third-order valence-electron chi connectivity index (χ3n) is 4.84. The van der Waals surface area contributed by atoms with Crippen LogP contribution in [0, 0.1) is 5.82 Å². The monoisotopic (exact) mass is 397 g/mol. The van der Waals surface area contributed by atoms with Gasteiger partial charge in [-0.05, 0) is 43.2 Å². The maximum Gasteiger partial charge on any atom is 0.224 e. The number of rotatable bonds is 5. The molecule has 1 saturated heterocycles. The number of thiazole rings is 1. The summed E-state index contributed by atoms with van der Waals surface area (Å²) in [5.41, 5.74) is 1.35. The molecule has 1 fully saturated rings. The van der Waals surface area contributed by atoms with E-state index in [1.165, 1.54) is 18.2 Å². The van der Waals surface area contributed by atoms with E-state index in [0.29, 0.717) is 12.2 Å². The number of aromatic nitrogens is 1. The third-order valence-corrected chi connectivity index (χ3v) is 5.98. The second kappa shape index (κ2) is 8.06. The molecule has 1 aliphatic heterocycles. The Morgan fingerprint density at radius 2 is 2.04 bits per heavy atom. The van der Waals surface area contributed by atoms with Crippen LogP contribution >= 0.6 is 11.3 Å². The van der Waals surface area contributed by atoms with E-state index in [-0.39, 0.29) is 30.7 Å². The van der Waals surface area contributed by atoms with E-state index in [0.717, 1.165) is 28.1 Å². The molecule has 1 atom stereocenters. The molecule has 0 radical (unpaired) electrons. The highest BCUT2D eigenvalue weighted by molar-refractivity contribution is 7.18. The zero-order chi connectivity index (χ0) is 19.5. The zero-order valence-corrected chi connectivity index (χ0v) is 16.0. The molecule has 28 heavy (non-hydrogen) atoms. The average Bonchev–Trinajstić information content (AvgIpc) is 3.32. The number of halogens is 1. The van der Waals surface area contributed by atoms with Crippen LogP contribution in [0.3, 0.4) is 0 Å². The first-order chi connectivity index (χ1) is 13.6. The van der Waals surface area contributed by atoms with E-state index in [1.807, 2.05) is 29.2 Å². The fraction of sp³-hybridized carbons (Fsp3) is 0.286. The topological polar surface area (TPSA) is 62.3 Å². The van der Waals surface area contributed by atoms with E-state index in [1.54, 1.807) is 17.4 Å². The molecule has 0 aliphatic carbocycles. The minimum absolute atomic E-state index is 0.0174. The largest absolute Gasteiger partial charge is 0.333 e. The summed E-state index contributed by atoms with van der Waals surface area (Å²) in [5.74, 6) is -0.754. The van der Waals surface area contributed by atoms with Crippen LogP contribution in [0.1, 0.15) is 36.7 Å². The highest BCUT2D eigenvalue weighted by atomic mass is 32.1. The lowest BCUT2D eigenvalue weighted by Crippen LogP contribution is -2.31. The van der Waals surface area contributed by atoms with Crippen molar-refractivity contribution in [1.29, 1.82) is 0 Å². The zero-order valence-electron chi connectivity index (χ0n) is 15.2. The Hall–Kier alpha value is -2.80. The Morgan fingerprint density at radius 3 is 2.86 bits per heavy atom. The van der Waals surface area contributed by atoms with Crippen LogP contribution in [0.25, 0.3) is 10.2 Å². The quantitative estimate of drug-likeness (QED) is 0.689. The number of hydrogen-bond donors (Lipinski definition) is 1. The van der Waals surface area contributed by atoms with E-state index in [4.69, 9.17) is 4.98 Å². The lowest BCUT2D eigenvalue weighted by molar-refractivity contribution is -0.133. The summed E-state index contributed by atoms with van der Waals surface area (Å²) in [6.45, 7) is 0.685. The standard InChI is InChI=1S/C21H20FN3O2S/c22-14-5-3-6-15(13-14)23-19(26)10-11-20(27)25-12-4-8-17(25)21-24-16-7-1-2-9-18(16)28-21/h1-3,5-7,9,13,17H,4,8,10-12H2,(H,23,26). The normalized spacial score (nSPS) is 16.5. The third kappa shape index (κ3) is 4.04. The summed E-state index contributed by atoms with van der Waals surface area (Å²) >= 11 is 1.62. The second-order valence-corrected chi connectivity index (χ2v) is 7.89. The summed E-state index contributed by atoms with van der Waals surface area (Å²) < 4.78 is 14.3. The number of carbonyl (C=O) groups is 2. The molecule has 2 aromatic carbocycles. The van der Waals surface area contributed by atoms with E-state index in [9.17, 15) is 14.0 Å². The number of nitrogens with one attached hydrogen (secondary N) is 1. The van der Waals surface area contributed by atoms with E-state index >= 15 is 0 Å². The van der Waals surface area contributed by atoms with Crippen LogP contribution < -0.4 is 5.32 Å². The average molecular weight is 397 g/mol. The van der Waals surface area contributed by atoms with Gasteiger partial charge in [0.05, 0.1) is 16.3 Å². The van der Waals surface area contributed by atoms with Crippen molar-refractivity contribution in [3.05, 3.63) is 59.4 Å². The van der Waals surface area contributed by atoms with Gasteiger partial charge in [-0.15, -0.1) is 11.3 Å². The molecule has 144 valence electrons. The van der Waals surface area contributed by atoms with Gasteiger partial charge in [0.1, 0.15) is 10.8 Å². The molecule has 2 heterocycles. The smallest absolute Gasteiger partial charge is 0.224 e. The highest BCUT2D eigenvalue weighted by Gasteiger charge is 2.32. The molecular weight excluding hydrogens is 377 g/mol. The van der Waals surface area contributed by atoms with Crippen molar-refractivity contribution in [2.45, 2.75) is 31.7 Å². The summed E-state index contributed by atoms with van der Waals surface area (Å²) in [7, 11) is 0. The van der Waals surface area contributed by atoms with E-state index < -0.39 is 5.82 Å². The fourth-order valence-corrected chi connectivity index (χ4v) is 4.62. The van der Waals surface area contributed by atoms with Crippen LogP contribution in [-0.4, -0.2) is 28.2 Å². The number of fused-ring (bicyclic) bond motifs is 1. The lowest BCUT2D eigenvalue weighted by atomic mass is 10.2. The van der Waals surface area contributed by atoms with Crippen molar-refractivity contribution in [1.82, 2.24) is 9.88 Å². The van der Waals surface area contributed by atoms with Gasteiger partial charge in [-0.3, -0.25) is 9.59 Å². The number of benzene rings is 2. The van der Waals surface area contributed by atoms with Crippen molar-refractivity contribution < 1.29 is 14.0 Å². The maximum absolute atomic E-state index is 13.2. The van der Waals surface area contributed by atoms with Crippen molar-refractivity contribution >= 4 is 39.1 Å². The number of para-hydroxylation sites is 1. The second-order valence-electron chi connectivity index (χ2n) is 6.82. The summed E-state index contributed by atoms with van der Waals surface area (Å²) in [6.07, 6.45) is 2.02. The molecule has 1 aromatic heterocycles. The Morgan fingerprint density at radius 1 is 1.18 bits per heavy atom. The van der Waals surface area contributed by atoms with Gasteiger partial charge in [0.2, 0.25) is 11.8 Å². The number of carbonyl (C=O) groups excluding carboxylic acids is 2. The van der Waals surface area contributed by atoms with Crippen LogP contribution in [0.15, 0.2) is 48.5 Å². The van der Waals surface area contributed by atoms with Gasteiger partial charge >= 0.3 is 0 Å².